The Labute approximate surface area is 165 Å². The molecular weight excluding hydrogens is 374 g/mol. The predicted molar refractivity (Wildman–Crippen MR) is 105 cm³/mol. The average molecular weight is 393 g/mol. The van der Waals surface area contributed by atoms with Crippen LogP contribution in [0.3, 0.4) is 0 Å². The van der Waals surface area contributed by atoms with Crippen LogP contribution in [0.2, 0.25) is 0 Å². The Morgan fingerprint density at radius 3 is 2.24 bits per heavy atom. The average Bonchev–Trinajstić information content (AvgIpc) is 3.41. The maximum absolute atomic E-state index is 13.2. The van der Waals surface area contributed by atoms with Gasteiger partial charge in [-0.3, -0.25) is 14.2 Å². The molecule has 3 heterocycles. The van der Waals surface area contributed by atoms with E-state index < -0.39 is 5.69 Å². The number of carbonyl (C=O) groups excluding carboxylic acids is 1. The molecule has 1 aromatic carbocycles. The van der Waals surface area contributed by atoms with Gasteiger partial charge in [0.1, 0.15) is 11.5 Å². The Morgan fingerprint density at radius 1 is 1.03 bits per heavy atom. The van der Waals surface area contributed by atoms with Crippen LogP contribution in [0.5, 0.6) is 0 Å². The molecule has 0 unspecified atom stereocenters. The van der Waals surface area contributed by atoms with Gasteiger partial charge in [0, 0.05) is 12.1 Å². The lowest BCUT2D eigenvalue weighted by Gasteiger charge is -2.21. The van der Waals surface area contributed by atoms with E-state index >= 15 is 0 Å². The van der Waals surface area contributed by atoms with E-state index in [-0.39, 0.29) is 31.1 Å². The van der Waals surface area contributed by atoms with Crippen LogP contribution in [0.1, 0.15) is 28.8 Å². The van der Waals surface area contributed by atoms with Crippen LogP contribution in [-0.4, -0.2) is 20.4 Å². The maximum Gasteiger partial charge on any atom is 0.328 e. The molecule has 0 aliphatic carbocycles. The van der Waals surface area contributed by atoms with Crippen molar-refractivity contribution in [3.8, 4) is 0 Å². The fourth-order valence-corrected chi connectivity index (χ4v) is 3.24. The molecule has 4 rings (SSSR count). The Hall–Kier alpha value is -3.81. The van der Waals surface area contributed by atoms with E-state index in [4.69, 9.17) is 8.83 Å². The highest BCUT2D eigenvalue weighted by Gasteiger charge is 2.20. The molecular formula is C21H19N3O5. The summed E-state index contributed by atoms with van der Waals surface area (Å²) in [4.78, 5) is 42.0. The highest BCUT2D eigenvalue weighted by Crippen LogP contribution is 2.17. The van der Waals surface area contributed by atoms with Crippen LogP contribution >= 0.6 is 0 Å². The zero-order valence-corrected chi connectivity index (χ0v) is 15.8. The number of H-pyrrole nitrogens is 1. The molecule has 148 valence electrons. The van der Waals surface area contributed by atoms with Gasteiger partial charge < -0.3 is 18.7 Å². The molecule has 8 nitrogen and oxygen atoms in total. The lowest BCUT2D eigenvalue weighted by atomic mass is 10.1. The fraction of sp³-hybridized carbons (Fsp3) is 0.190. The molecule has 0 saturated carbocycles. The van der Waals surface area contributed by atoms with E-state index in [9.17, 15) is 14.4 Å². The summed E-state index contributed by atoms with van der Waals surface area (Å²) >= 11 is 0. The lowest BCUT2D eigenvalue weighted by Crippen LogP contribution is -2.34. The number of hydrogen-bond donors (Lipinski definition) is 1. The Bertz CT molecular complexity index is 1210. The molecule has 0 aliphatic heterocycles. The van der Waals surface area contributed by atoms with Crippen LogP contribution in [0.15, 0.2) is 73.4 Å². The fourth-order valence-electron chi connectivity index (χ4n) is 3.24. The Kier molecular flexibility index (Phi) is 4.90. The zero-order chi connectivity index (χ0) is 20.4. The summed E-state index contributed by atoms with van der Waals surface area (Å²) in [5, 5.41) is 0.353. The van der Waals surface area contributed by atoms with Gasteiger partial charge in [-0.25, -0.2) is 4.79 Å². The normalized spacial score (nSPS) is 11.1. The van der Waals surface area contributed by atoms with Gasteiger partial charge in [-0.15, -0.1) is 0 Å². The lowest BCUT2D eigenvalue weighted by molar-refractivity contribution is 0.0705. The van der Waals surface area contributed by atoms with Crippen LogP contribution < -0.4 is 11.2 Å². The van der Waals surface area contributed by atoms with Crippen LogP contribution in [-0.2, 0) is 19.6 Å². The third-order valence-corrected chi connectivity index (χ3v) is 4.69. The topological polar surface area (TPSA) is 101 Å². The second-order valence-corrected chi connectivity index (χ2v) is 6.56. The third kappa shape index (κ3) is 3.64. The molecule has 0 aliphatic rings. The molecule has 4 aromatic rings. The molecule has 29 heavy (non-hydrogen) atoms. The number of nitrogens with zero attached hydrogens (tertiary/aromatic N) is 2. The standard InChI is InChI=1S/C21H19N3O5/c1-2-24-20(26)17-8-7-14(11-18(17)22-21(24)27)19(25)23(12-15-5-3-9-28-15)13-16-6-4-10-29-16/h3-11H,2,12-13H2,1H3,(H,22,27). The van der Waals surface area contributed by atoms with Crippen molar-refractivity contribution in [2.24, 2.45) is 0 Å². The number of aromatic nitrogens is 2. The molecule has 0 saturated heterocycles. The van der Waals surface area contributed by atoms with Crippen molar-refractivity contribution in [2.75, 3.05) is 0 Å². The van der Waals surface area contributed by atoms with Gasteiger partial charge in [0.05, 0.1) is 36.5 Å². The summed E-state index contributed by atoms with van der Waals surface area (Å²) in [6.07, 6.45) is 3.09. The summed E-state index contributed by atoms with van der Waals surface area (Å²) in [6, 6.07) is 11.8. The summed E-state index contributed by atoms with van der Waals surface area (Å²) in [6.45, 7) is 2.49. The molecule has 0 spiro atoms. The van der Waals surface area contributed by atoms with Gasteiger partial charge in [0.25, 0.3) is 11.5 Å². The summed E-state index contributed by atoms with van der Waals surface area (Å²) in [5.41, 5.74) is -0.211. The predicted octanol–water partition coefficient (Wildman–Crippen LogP) is 2.74. The van der Waals surface area contributed by atoms with Crippen molar-refractivity contribution in [3.63, 3.8) is 0 Å². The highest BCUT2D eigenvalue weighted by molar-refractivity contribution is 5.97. The second kappa shape index (κ2) is 7.67. The highest BCUT2D eigenvalue weighted by atomic mass is 16.3. The number of carbonyl (C=O) groups is 1. The van der Waals surface area contributed by atoms with Gasteiger partial charge in [0.15, 0.2) is 0 Å². The molecule has 0 fully saturated rings. The number of rotatable bonds is 6. The summed E-state index contributed by atoms with van der Waals surface area (Å²) < 4.78 is 11.9. The number of amides is 1. The van der Waals surface area contributed by atoms with Crippen molar-refractivity contribution in [1.29, 1.82) is 0 Å². The van der Waals surface area contributed by atoms with E-state index in [2.05, 4.69) is 4.98 Å². The molecule has 3 aromatic heterocycles. The maximum atomic E-state index is 13.2. The smallest absolute Gasteiger partial charge is 0.328 e. The minimum atomic E-state index is -0.502. The van der Waals surface area contributed by atoms with Gasteiger partial charge in [-0.05, 0) is 49.4 Å². The number of hydrogen-bond acceptors (Lipinski definition) is 5. The third-order valence-electron chi connectivity index (χ3n) is 4.69. The van der Waals surface area contributed by atoms with Crippen molar-refractivity contribution >= 4 is 16.8 Å². The van der Waals surface area contributed by atoms with E-state index in [0.717, 1.165) is 4.57 Å². The van der Waals surface area contributed by atoms with Crippen LogP contribution in [0.4, 0.5) is 0 Å². The number of aromatic amines is 1. The number of furan rings is 2. The SMILES string of the molecule is CCn1c(=O)[nH]c2cc(C(=O)N(Cc3ccco3)Cc3ccco3)ccc2c1=O. The molecule has 0 radical (unpaired) electrons. The van der Waals surface area contributed by atoms with Gasteiger partial charge >= 0.3 is 5.69 Å². The van der Waals surface area contributed by atoms with Crippen LogP contribution in [0, 0.1) is 0 Å². The van der Waals surface area contributed by atoms with Gasteiger partial charge in [0.2, 0.25) is 0 Å². The van der Waals surface area contributed by atoms with Gasteiger partial charge in [-0.2, -0.15) is 0 Å². The second-order valence-electron chi connectivity index (χ2n) is 6.56. The van der Waals surface area contributed by atoms with Crippen molar-refractivity contribution in [1.82, 2.24) is 14.5 Å². The van der Waals surface area contributed by atoms with E-state index in [1.54, 1.807) is 60.7 Å². The van der Waals surface area contributed by atoms with Gasteiger partial charge in [-0.1, -0.05) is 0 Å². The monoisotopic (exact) mass is 393 g/mol. The molecule has 1 amide bonds. The first-order chi connectivity index (χ1) is 14.1. The van der Waals surface area contributed by atoms with E-state index in [1.807, 2.05) is 0 Å². The summed E-state index contributed by atoms with van der Waals surface area (Å²) in [7, 11) is 0. The largest absolute Gasteiger partial charge is 0.467 e. The Balaban J connectivity index is 1.72. The van der Waals surface area contributed by atoms with E-state index in [1.165, 1.54) is 6.07 Å². The molecule has 0 bridgehead atoms. The minimum absolute atomic E-state index is 0.249. The minimum Gasteiger partial charge on any atom is -0.467 e. The number of nitrogens with one attached hydrogen (secondary N) is 1. The van der Waals surface area contributed by atoms with Crippen molar-refractivity contribution in [3.05, 3.63) is 92.9 Å². The first kappa shape index (κ1) is 18.5. The molecule has 0 atom stereocenters. The number of benzene rings is 1. The first-order valence-corrected chi connectivity index (χ1v) is 9.17. The van der Waals surface area contributed by atoms with Crippen molar-refractivity contribution < 1.29 is 13.6 Å². The Morgan fingerprint density at radius 2 is 1.69 bits per heavy atom. The summed E-state index contributed by atoms with van der Waals surface area (Å²) in [5.74, 6) is 0.982. The molecule has 1 N–H and O–H groups in total. The van der Waals surface area contributed by atoms with Crippen LogP contribution in [0.25, 0.3) is 10.9 Å². The quantitative estimate of drug-likeness (QED) is 0.543. The van der Waals surface area contributed by atoms with E-state index in [0.29, 0.717) is 28.0 Å². The molecule has 8 heteroatoms. The number of fused-ring (bicyclic) bond motifs is 1. The van der Waals surface area contributed by atoms with Crippen molar-refractivity contribution in [2.45, 2.75) is 26.6 Å². The first-order valence-electron chi connectivity index (χ1n) is 9.17. The zero-order valence-electron chi connectivity index (χ0n) is 15.8.